The van der Waals surface area contributed by atoms with Gasteiger partial charge in [0.15, 0.2) is 9.84 Å². The van der Waals surface area contributed by atoms with Gasteiger partial charge < -0.3 is 15.4 Å². The lowest BCUT2D eigenvalue weighted by Crippen LogP contribution is -2.45. The van der Waals surface area contributed by atoms with Crippen molar-refractivity contribution in [3.8, 4) is 5.75 Å². The molecule has 7 nitrogen and oxygen atoms in total. The van der Waals surface area contributed by atoms with Crippen molar-refractivity contribution in [2.75, 3.05) is 32.5 Å². The number of hydrogen-bond donors (Lipinski definition) is 2. The molecule has 142 valence electrons. The Morgan fingerprint density at radius 2 is 1.96 bits per heavy atom. The predicted octanol–water partition coefficient (Wildman–Crippen LogP) is 1.44. The minimum absolute atomic E-state index is 0.0749. The number of benzene rings is 1. The monoisotopic (exact) mass is 379 g/mol. The average molecular weight is 379 g/mol. The van der Waals surface area contributed by atoms with Crippen LogP contribution in [-0.4, -0.2) is 57.9 Å². The summed E-state index contributed by atoms with van der Waals surface area (Å²) in [6.07, 6.45) is 3.82. The van der Waals surface area contributed by atoms with E-state index in [0.717, 1.165) is 42.7 Å². The lowest BCUT2D eigenvalue weighted by Gasteiger charge is -2.28. The number of hydrogen-bond acceptors (Lipinski definition) is 5. The lowest BCUT2D eigenvalue weighted by atomic mass is 10.1. The number of amides is 2. The zero-order valence-corrected chi connectivity index (χ0v) is 15.7. The van der Waals surface area contributed by atoms with Crippen LogP contribution in [0.4, 0.5) is 4.79 Å². The van der Waals surface area contributed by atoms with E-state index in [-0.39, 0.29) is 17.8 Å². The maximum atomic E-state index is 12.2. The molecule has 3 rings (SSSR count). The zero-order chi connectivity index (χ0) is 18.6. The van der Waals surface area contributed by atoms with Gasteiger partial charge in [0.2, 0.25) is 0 Å². The highest BCUT2D eigenvalue weighted by atomic mass is 32.2. The van der Waals surface area contributed by atoms with E-state index < -0.39 is 15.9 Å². The Hall–Kier alpha value is -2.06. The third kappa shape index (κ3) is 4.76. The average Bonchev–Trinajstić information content (AvgIpc) is 3.25. The van der Waals surface area contributed by atoms with Crippen LogP contribution in [0.2, 0.25) is 0 Å². The fourth-order valence-corrected chi connectivity index (χ4v) is 4.65. The minimum atomic E-state index is -3.18. The van der Waals surface area contributed by atoms with Crippen molar-refractivity contribution in [3.05, 3.63) is 41.3 Å². The molecule has 26 heavy (non-hydrogen) atoms. The maximum absolute atomic E-state index is 12.2. The van der Waals surface area contributed by atoms with E-state index in [1.807, 2.05) is 24.3 Å². The molecule has 0 aromatic heterocycles. The first-order chi connectivity index (χ1) is 12.5. The summed E-state index contributed by atoms with van der Waals surface area (Å²) in [6, 6.07) is 7.15. The minimum Gasteiger partial charge on any atom is -0.497 e. The molecule has 0 bridgehead atoms. The van der Waals surface area contributed by atoms with Crippen LogP contribution >= 0.6 is 0 Å². The van der Waals surface area contributed by atoms with Crippen LogP contribution in [0.1, 0.15) is 24.4 Å². The summed E-state index contributed by atoms with van der Waals surface area (Å²) in [4.78, 5) is 14.5. The molecule has 0 saturated carbocycles. The summed E-state index contributed by atoms with van der Waals surface area (Å²) in [5.41, 5.74) is 1.12. The van der Waals surface area contributed by atoms with Crippen molar-refractivity contribution < 1.29 is 17.9 Å². The number of methoxy groups -OCH3 is 1. The molecular formula is C18H25N3O4S. The Labute approximate surface area is 154 Å². The molecule has 2 amide bonds. The summed E-state index contributed by atoms with van der Waals surface area (Å²) in [5, 5.41) is 6.74. The molecular weight excluding hydrogens is 354 g/mol. The number of carbonyl (C=O) groups excluding carboxylic acids is 1. The maximum Gasteiger partial charge on any atom is 0.315 e. The number of urea groups is 1. The van der Waals surface area contributed by atoms with Gasteiger partial charge in [0.25, 0.3) is 0 Å². The Morgan fingerprint density at radius 1 is 1.27 bits per heavy atom. The van der Waals surface area contributed by atoms with Crippen molar-refractivity contribution >= 4 is 15.9 Å². The standard InChI is InChI=1S/C18H25N3O4S/c1-25-16-6-4-14(5-7-16)17(21-9-2-3-10-21)12-19-18(22)20-15-8-11-26(23,24)13-15/h4-8,11,15,17H,2-3,9-10,12-13H2,1H3,(H2,19,20,22)/t15-,17+/m0/s1. The predicted molar refractivity (Wildman–Crippen MR) is 99.8 cm³/mol. The first-order valence-electron chi connectivity index (χ1n) is 8.80. The van der Waals surface area contributed by atoms with Crippen LogP contribution in [0, 0.1) is 0 Å². The molecule has 2 aliphatic rings. The molecule has 0 spiro atoms. The van der Waals surface area contributed by atoms with Crippen molar-refractivity contribution in [2.24, 2.45) is 0 Å². The van der Waals surface area contributed by atoms with Crippen LogP contribution in [0.5, 0.6) is 5.75 Å². The molecule has 1 aromatic rings. The third-order valence-electron chi connectivity index (χ3n) is 4.78. The van der Waals surface area contributed by atoms with Gasteiger partial charge in [0, 0.05) is 12.0 Å². The van der Waals surface area contributed by atoms with Crippen LogP contribution in [0.25, 0.3) is 0 Å². The van der Waals surface area contributed by atoms with Gasteiger partial charge in [-0.05, 0) is 49.7 Å². The number of likely N-dealkylation sites (tertiary alicyclic amines) is 1. The number of ether oxygens (including phenoxy) is 1. The highest BCUT2D eigenvalue weighted by Gasteiger charge is 2.26. The Bertz CT molecular complexity index is 755. The molecule has 0 aliphatic carbocycles. The van der Waals surface area contributed by atoms with Gasteiger partial charge in [-0.25, -0.2) is 13.2 Å². The van der Waals surface area contributed by atoms with Gasteiger partial charge in [0.1, 0.15) is 5.75 Å². The van der Waals surface area contributed by atoms with Crippen molar-refractivity contribution in [3.63, 3.8) is 0 Å². The molecule has 1 fully saturated rings. The fourth-order valence-electron chi connectivity index (χ4n) is 3.41. The van der Waals surface area contributed by atoms with E-state index in [1.54, 1.807) is 7.11 Å². The van der Waals surface area contributed by atoms with Gasteiger partial charge in [-0.15, -0.1) is 0 Å². The Morgan fingerprint density at radius 3 is 2.54 bits per heavy atom. The van der Waals surface area contributed by atoms with E-state index in [9.17, 15) is 13.2 Å². The van der Waals surface area contributed by atoms with Gasteiger partial charge in [0.05, 0.1) is 24.9 Å². The lowest BCUT2D eigenvalue weighted by molar-refractivity contribution is 0.220. The fraction of sp³-hybridized carbons (Fsp3) is 0.500. The number of nitrogens with one attached hydrogen (secondary N) is 2. The second-order valence-corrected chi connectivity index (χ2v) is 8.58. The smallest absolute Gasteiger partial charge is 0.315 e. The summed E-state index contributed by atoms with van der Waals surface area (Å²) in [5.74, 6) is 0.725. The summed E-state index contributed by atoms with van der Waals surface area (Å²) < 4.78 is 28.1. The Kier molecular flexibility index (Phi) is 5.83. The highest BCUT2D eigenvalue weighted by molar-refractivity contribution is 7.94. The molecule has 2 N–H and O–H groups in total. The Balaban J connectivity index is 1.60. The van der Waals surface area contributed by atoms with Crippen molar-refractivity contribution in [2.45, 2.75) is 24.9 Å². The van der Waals surface area contributed by atoms with Gasteiger partial charge in [-0.3, -0.25) is 4.90 Å². The third-order valence-corrected chi connectivity index (χ3v) is 6.18. The first-order valence-corrected chi connectivity index (χ1v) is 10.5. The van der Waals surface area contributed by atoms with E-state index in [1.165, 1.54) is 6.08 Å². The summed E-state index contributed by atoms with van der Waals surface area (Å²) in [7, 11) is -1.54. The summed E-state index contributed by atoms with van der Waals surface area (Å²) in [6.45, 7) is 2.47. The molecule has 2 heterocycles. The van der Waals surface area contributed by atoms with Gasteiger partial charge in [-0.1, -0.05) is 12.1 Å². The quantitative estimate of drug-likeness (QED) is 0.781. The molecule has 0 radical (unpaired) electrons. The molecule has 2 atom stereocenters. The van der Waals surface area contributed by atoms with E-state index in [4.69, 9.17) is 4.74 Å². The molecule has 0 unspecified atom stereocenters. The topological polar surface area (TPSA) is 87.7 Å². The van der Waals surface area contributed by atoms with E-state index >= 15 is 0 Å². The van der Waals surface area contributed by atoms with Gasteiger partial charge >= 0.3 is 6.03 Å². The second-order valence-electron chi connectivity index (χ2n) is 6.65. The van der Waals surface area contributed by atoms with Crippen molar-refractivity contribution in [1.82, 2.24) is 15.5 Å². The molecule has 1 aromatic carbocycles. The van der Waals surface area contributed by atoms with E-state index in [2.05, 4.69) is 15.5 Å². The normalized spacial score (nSPS) is 22.9. The molecule has 2 aliphatic heterocycles. The summed E-state index contributed by atoms with van der Waals surface area (Å²) >= 11 is 0. The first kappa shape index (κ1) is 18.7. The van der Waals surface area contributed by atoms with Crippen LogP contribution in [0.3, 0.4) is 0 Å². The molecule has 1 saturated heterocycles. The zero-order valence-electron chi connectivity index (χ0n) is 14.8. The second kappa shape index (κ2) is 8.09. The highest BCUT2D eigenvalue weighted by Crippen LogP contribution is 2.26. The van der Waals surface area contributed by atoms with E-state index in [0.29, 0.717) is 6.54 Å². The van der Waals surface area contributed by atoms with Crippen molar-refractivity contribution in [1.29, 1.82) is 0 Å². The largest absolute Gasteiger partial charge is 0.497 e. The number of rotatable bonds is 6. The van der Waals surface area contributed by atoms with Crippen LogP contribution in [0.15, 0.2) is 35.7 Å². The number of nitrogens with zero attached hydrogens (tertiary/aromatic N) is 1. The molecule has 8 heteroatoms. The SMILES string of the molecule is COc1ccc([C@@H](CNC(=O)N[C@H]2C=CS(=O)(=O)C2)N2CCCC2)cc1. The number of carbonyl (C=O) groups is 1. The van der Waals surface area contributed by atoms with Crippen LogP contribution < -0.4 is 15.4 Å². The van der Waals surface area contributed by atoms with Gasteiger partial charge in [-0.2, -0.15) is 0 Å². The van der Waals surface area contributed by atoms with Crippen LogP contribution in [-0.2, 0) is 9.84 Å². The number of sulfone groups is 1.